The molecule has 0 radical (unpaired) electrons. The largest absolute Gasteiger partial charge is 0.309 e. The van der Waals surface area contributed by atoms with Crippen molar-refractivity contribution in [2.75, 3.05) is 0 Å². The summed E-state index contributed by atoms with van der Waals surface area (Å²) >= 11 is 1.80. The quantitative estimate of drug-likeness (QED) is 0.185. The van der Waals surface area contributed by atoms with Gasteiger partial charge in [-0.05, 0) is 35.9 Å². The molecule has 50 heavy (non-hydrogen) atoms. The van der Waals surface area contributed by atoms with Gasteiger partial charge in [-0.25, -0.2) is 15.0 Å². The molecule has 5 heteroatoms. The van der Waals surface area contributed by atoms with Crippen LogP contribution in [-0.4, -0.2) is 19.5 Å². The van der Waals surface area contributed by atoms with Gasteiger partial charge in [-0.2, -0.15) is 0 Å². The Morgan fingerprint density at radius 1 is 0.400 bits per heavy atom. The molecule has 0 aliphatic rings. The van der Waals surface area contributed by atoms with Crippen molar-refractivity contribution in [2.24, 2.45) is 0 Å². The van der Waals surface area contributed by atoms with E-state index in [1.807, 2.05) is 36.4 Å². The first-order valence-electron chi connectivity index (χ1n) is 16.7. The van der Waals surface area contributed by atoms with Gasteiger partial charge in [-0.1, -0.05) is 140 Å². The second kappa shape index (κ2) is 11.6. The van der Waals surface area contributed by atoms with Crippen molar-refractivity contribution in [3.05, 3.63) is 170 Å². The topological polar surface area (TPSA) is 43.6 Å². The molecule has 7 aromatic carbocycles. The standard InChI is InChI=1S/C45H28N4S/c1-4-15-29(16-5-1)43-46-44(30-17-6-2-7-18-30)48-45(47-43)37-26-13-25-36-40-33(22-14-28-39(40)50-42(36)37)35-24-12-23-34-32-21-10-11-27-38(32)49(41(34)35)31-19-8-3-9-20-31/h1-28H. The number of aromatic nitrogens is 4. The van der Waals surface area contributed by atoms with Crippen LogP contribution in [0.3, 0.4) is 0 Å². The Bertz CT molecular complexity index is 2800. The maximum absolute atomic E-state index is 5.09. The lowest BCUT2D eigenvalue weighted by Crippen LogP contribution is -2.00. The van der Waals surface area contributed by atoms with Crippen LogP contribution in [0, 0.1) is 0 Å². The van der Waals surface area contributed by atoms with E-state index in [1.54, 1.807) is 11.3 Å². The lowest BCUT2D eigenvalue weighted by atomic mass is 9.96. The molecule has 0 bridgehead atoms. The van der Waals surface area contributed by atoms with Gasteiger partial charge in [-0.15, -0.1) is 11.3 Å². The molecule has 234 valence electrons. The summed E-state index contributed by atoms with van der Waals surface area (Å²) in [6.45, 7) is 0. The highest BCUT2D eigenvalue weighted by Gasteiger charge is 2.21. The molecule has 3 aromatic heterocycles. The van der Waals surface area contributed by atoms with Crippen LogP contribution >= 0.6 is 11.3 Å². The van der Waals surface area contributed by atoms with Crippen LogP contribution in [-0.2, 0) is 0 Å². The molecule has 0 unspecified atom stereocenters. The molecule has 4 nitrogen and oxygen atoms in total. The molecule has 0 spiro atoms. The van der Waals surface area contributed by atoms with E-state index in [0.29, 0.717) is 17.5 Å². The van der Waals surface area contributed by atoms with Gasteiger partial charge in [0.15, 0.2) is 17.5 Å². The van der Waals surface area contributed by atoms with Gasteiger partial charge in [-0.3, -0.25) is 0 Å². The SMILES string of the molecule is c1ccc(-c2nc(-c3ccccc3)nc(-c3cccc4c3sc3cccc(-c5cccc6c7ccccc7n(-c7ccccc7)c56)c34)n2)cc1. The van der Waals surface area contributed by atoms with Crippen LogP contribution in [0.2, 0.25) is 0 Å². The second-order valence-corrected chi connectivity index (χ2v) is 13.4. The van der Waals surface area contributed by atoms with Gasteiger partial charge < -0.3 is 4.57 Å². The normalized spacial score (nSPS) is 11.6. The Morgan fingerprint density at radius 3 is 1.66 bits per heavy atom. The fourth-order valence-corrected chi connectivity index (χ4v) is 8.50. The Morgan fingerprint density at radius 2 is 0.940 bits per heavy atom. The summed E-state index contributed by atoms with van der Waals surface area (Å²) in [4.78, 5) is 15.1. The number of hydrogen-bond acceptors (Lipinski definition) is 4. The number of para-hydroxylation sites is 3. The van der Waals surface area contributed by atoms with E-state index < -0.39 is 0 Å². The zero-order valence-electron chi connectivity index (χ0n) is 26.9. The van der Waals surface area contributed by atoms with Gasteiger partial charge in [0.25, 0.3) is 0 Å². The molecule has 0 saturated heterocycles. The van der Waals surface area contributed by atoms with E-state index in [9.17, 15) is 0 Å². The molecule has 0 atom stereocenters. The first-order chi connectivity index (χ1) is 24.8. The monoisotopic (exact) mass is 656 g/mol. The minimum Gasteiger partial charge on any atom is -0.309 e. The van der Waals surface area contributed by atoms with Crippen molar-refractivity contribution < 1.29 is 0 Å². The lowest BCUT2D eigenvalue weighted by Gasteiger charge is -2.13. The fourth-order valence-electron chi connectivity index (χ4n) is 7.26. The molecule has 10 rings (SSSR count). The van der Waals surface area contributed by atoms with Gasteiger partial charge >= 0.3 is 0 Å². The smallest absolute Gasteiger partial charge is 0.165 e. The van der Waals surface area contributed by atoms with Gasteiger partial charge in [0, 0.05) is 58.9 Å². The van der Waals surface area contributed by atoms with Crippen molar-refractivity contribution in [3.63, 3.8) is 0 Å². The van der Waals surface area contributed by atoms with E-state index in [0.717, 1.165) is 27.1 Å². The highest BCUT2D eigenvalue weighted by atomic mass is 32.1. The van der Waals surface area contributed by atoms with Gasteiger partial charge in [0.2, 0.25) is 0 Å². The molecule has 3 heterocycles. The predicted octanol–water partition coefficient (Wildman–Crippen LogP) is 12.0. The van der Waals surface area contributed by atoms with Crippen molar-refractivity contribution in [2.45, 2.75) is 0 Å². The van der Waals surface area contributed by atoms with Crippen LogP contribution in [0.5, 0.6) is 0 Å². The lowest BCUT2D eigenvalue weighted by molar-refractivity contribution is 1.08. The van der Waals surface area contributed by atoms with E-state index in [4.69, 9.17) is 15.0 Å². The zero-order chi connectivity index (χ0) is 33.0. The molecule has 0 amide bonds. The predicted molar refractivity (Wildman–Crippen MR) is 209 cm³/mol. The summed E-state index contributed by atoms with van der Waals surface area (Å²) in [6.07, 6.45) is 0. The molecule has 0 aliphatic carbocycles. The Balaban J connectivity index is 1.24. The number of fused-ring (bicyclic) bond motifs is 6. The third kappa shape index (κ3) is 4.55. The molecule has 0 aliphatic heterocycles. The minimum atomic E-state index is 0.661. The third-order valence-corrected chi connectivity index (χ3v) is 10.7. The maximum Gasteiger partial charge on any atom is 0.165 e. The van der Waals surface area contributed by atoms with E-state index >= 15 is 0 Å². The average molecular weight is 657 g/mol. The Kier molecular flexibility index (Phi) is 6.64. The van der Waals surface area contributed by atoms with Crippen LogP contribution in [0.15, 0.2) is 170 Å². The Labute approximate surface area is 292 Å². The fraction of sp³-hybridized carbons (Fsp3) is 0. The molecular weight excluding hydrogens is 629 g/mol. The van der Waals surface area contributed by atoms with Crippen LogP contribution in [0.4, 0.5) is 0 Å². The van der Waals surface area contributed by atoms with Crippen molar-refractivity contribution in [1.29, 1.82) is 0 Å². The van der Waals surface area contributed by atoms with Crippen molar-refractivity contribution in [1.82, 2.24) is 19.5 Å². The van der Waals surface area contributed by atoms with Crippen LogP contribution in [0.1, 0.15) is 0 Å². The number of thiophene rings is 1. The van der Waals surface area contributed by atoms with E-state index in [1.165, 1.54) is 48.4 Å². The minimum absolute atomic E-state index is 0.661. The summed E-state index contributed by atoms with van der Waals surface area (Å²) in [5.41, 5.74) is 8.89. The first-order valence-corrected chi connectivity index (χ1v) is 17.5. The average Bonchev–Trinajstić information content (AvgIpc) is 3.75. The first kappa shape index (κ1) is 28.6. The second-order valence-electron chi connectivity index (χ2n) is 12.4. The highest BCUT2D eigenvalue weighted by molar-refractivity contribution is 7.26. The van der Waals surface area contributed by atoms with Crippen molar-refractivity contribution in [3.8, 4) is 51.0 Å². The third-order valence-electron chi connectivity index (χ3n) is 9.46. The van der Waals surface area contributed by atoms with Crippen LogP contribution < -0.4 is 0 Å². The number of nitrogens with zero attached hydrogens (tertiary/aromatic N) is 4. The zero-order valence-corrected chi connectivity index (χ0v) is 27.7. The highest BCUT2D eigenvalue weighted by Crippen LogP contribution is 2.46. The van der Waals surface area contributed by atoms with Crippen molar-refractivity contribution >= 4 is 53.3 Å². The van der Waals surface area contributed by atoms with E-state index in [2.05, 4.69) is 138 Å². The van der Waals surface area contributed by atoms with Crippen LogP contribution in [0.25, 0.3) is 93.0 Å². The number of hydrogen-bond donors (Lipinski definition) is 0. The number of benzene rings is 7. The molecule has 0 fully saturated rings. The maximum atomic E-state index is 5.09. The number of rotatable bonds is 5. The Hall–Kier alpha value is -6.43. The summed E-state index contributed by atoms with van der Waals surface area (Å²) in [5.74, 6) is 1.99. The van der Waals surface area contributed by atoms with Gasteiger partial charge in [0.05, 0.1) is 11.0 Å². The summed E-state index contributed by atoms with van der Waals surface area (Å²) in [7, 11) is 0. The van der Waals surface area contributed by atoms with E-state index in [-0.39, 0.29) is 0 Å². The molecule has 0 N–H and O–H groups in total. The van der Waals surface area contributed by atoms with Gasteiger partial charge in [0.1, 0.15) is 0 Å². The molecule has 0 saturated carbocycles. The molecule has 10 aromatic rings. The summed E-state index contributed by atoms with van der Waals surface area (Å²) < 4.78 is 4.81. The molecular formula is C45H28N4S. The summed E-state index contributed by atoms with van der Waals surface area (Å²) in [5, 5.41) is 4.93. The summed E-state index contributed by atoms with van der Waals surface area (Å²) in [6, 6.07) is 59.6.